The van der Waals surface area contributed by atoms with Crippen LogP contribution in [0, 0.1) is 0 Å². The fraction of sp³-hybridized carbons (Fsp3) is 0. The summed E-state index contributed by atoms with van der Waals surface area (Å²) >= 11 is -12.3. The van der Waals surface area contributed by atoms with Crippen molar-refractivity contribution in [1.29, 1.82) is 0 Å². The van der Waals surface area contributed by atoms with E-state index < -0.39 is 42.4 Å². The third-order valence-electron chi connectivity index (χ3n) is 0. The van der Waals surface area contributed by atoms with Gasteiger partial charge in [-0.3, -0.25) is 0 Å². The molecule has 84 valence electrons. The van der Waals surface area contributed by atoms with Crippen molar-refractivity contribution in [2.75, 3.05) is 0 Å². The summed E-state index contributed by atoms with van der Waals surface area (Å²) in [5.41, 5.74) is 0. The standard InChI is InChI=1S/2Na.H2O4Se.2H2O3Se/c;;1-5(2,3)4;2*1-4(2)3/h;;(H2,1,2,3,4);2*(H2,1,2,3)/q2*+1;;;/p-2. The van der Waals surface area contributed by atoms with Gasteiger partial charge in [0, 0.05) is 0 Å². The van der Waals surface area contributed by atoms with Crippen LogP contribution in [0.2, 0.25) is 0 Å². The molecule has 15 heteroatoms. The second kappa shape index (κ2) is 18.9. The van der Waals surface area contributed by atoms with Crippen molar-refractivity contribution < 1.29 is 99.6 Å². The second-order valence-corrected chi connectivity index (χ2v) is 4.52. The zero-order valence-corrected chi connectivity index (χ0v) is 16.6. The third kappa shape index (κ3) is 549. The molecule has 0 bridgehead atoms. The van der Waals surface area contributed by atoms with Crippen molar-refractivity contribution >= 4 is 42.4 Å². The van der Waals surface area contributed by atoms with Crippen molar-refractivity contribution in [2.45, 2.75) is 0 Å². The Morgan fingerprint density at radius 3 is 0.800 bits per heavy atom. The van der Waals surface area contributed by atoms with E-state index in [1.54, 1.807) is 0 Å². The van der Waals surface area contributed by atoms with Crippen molar-refractivity contribution in [3.63, 3.8) is 0 Å². The minimum Gasteiger partial charge on any atom is 1.00 e. The topological polar surface area (TPSA) is 195 Å². The summed E-state index contributed by atoms with van der Waals surface area (Å²) < 4.78 is 80.6. The first-order chi connectivity index (χ1) is 5.46. The fourth-order valence-corrected chi connectivity index (χ4v) is 0. The molecule has 0 aliphatic carbocycles. The third-order valence-corrected chi connectivity index (χ3v) is 0. The fourth-order valence-electron chi connectivity index (χ4n) is 0. The Labute approximate surface area is 140 Å². The van der Waals surface area contributed by atoms with Crippen molar-refractivity contribution in [3.8, 4) is 0 Å². The Morgan fingerprint density at radius 1 is 0.800 bits per heavy atom. The molecule has 0 aliphatic heterocycles. The van der Waals surface area contributed by atoms with Crippen LogP contribution in [0.15, 0.2) is 0 Å². The summed E-state index contributed by atoms with van der Waals surface area (Å²) in [6.07, 6.45) is 0. The molecule has 0 rings (SSSR count). The average molecular weight is 447 g/mol. The predicted molar refractivity (Wildman–Crippen MR) is 28.9 cm³/mol. The van der Waals surface area contributed by atoms with Crippen LogP contribution in [0.4, 0.5) is 0 Å². The minimum absolute atomic E-state index is 0. The summed E-state index contributed by atoms with van der Waals surface area (Å²) in [4.78, 5) is 0. The average Bonchev–Trinajstić information content (AvgIpc) is 1.50. The Hall–Kier alpha value is 2.52. The smallest absolute Gasteiger partial charge is 1.00 e. The molecular weight excluding hydrogens is 443 g/mol. The molecule has 0 unspecified atom stereocenters. The van der Waals surface area contributed by atoms with Gasteiger partial charge in [-0.15, -0.1) is 0 Å². The van der Waals surface area contributed by atoms with Crippen LogP contribution in [0.3, 0.4) is 0 Å². The summed E-state index contributed by atoms with van der Waals surface area (Å²) in [5.74, 6) is 0. The van der Waals surface area contributed by atoms with Crippen LogP contribution in [-0.4, -0.2) is 59.1 Å². The Morgan fingerprint density at radius 2 is 0.800 bits per heavy atom. The van der Waals surface area contributed by atoms with Gasteiger partial charge in [-0.25, -0.2) is 0 Å². The van der Waals surface area contributed by atoms with Crippen molar-refractivity contribution in [3.05, 3.63) is 0 Å². The summed E-state index contributed by atoms with van der Waals surface area (Å²) in [6, 6.07) is 0. The molecule has 0 radical (unpaired) electrons. The van der Waals surface area contributed by atoms with E-state index in [2.05, 4.69) is 0 Å². The maximum Gasteiger partial charge on any atom is 1.00 e. The molecule has 0 saturated carbocycles. The van der Waals surface area contributed by atoms with Gasteiger partial charge in [0.2, 0.25) is 0 Å². The molecule has 4 N–H and O–H groups in total. The minimum atomic E-state index is -5.75. The van der Waals surface area contributed by atoms with Crippen molar-refractivity contribution in [2.24, 2.45) is 0 Å². The Balaban J connectivity index is -0.0000000315. The van der Waals surface area contributed by atoms with Gasteiger partial charge in [-0.05, 0) is 0 Å². The summed E-state index contributed by atoms with van der Waals surface area (Å²) in [5, 5.41) is 0. The SMILES string of the molecule is O=[Se](=O)([O-])[O-].O=[Se](O)O.O=[Se](O)O.[Na+].[Na+]. The van der Waals surface area contributed by atoms with E-state index >= 15 is 0 Å². The number of rotatable bonds is 0. The molecule has 0 saturated heterocycles. The molecule has 0 fully saturated rings. The van der Waals surface area contributed by atoms with Gasteiger partial charge in [0.1, 0.15) is 0 Å². The van der Waals surface area contributed by atoms with Gasteiger partial charge in [-0.1, -0.05) is 0 Å². The molecule has 0 amide bonds. The molecule has 0 atom stereocenters. The first kappa shape index (κ1) is 30.5. The Kier molecular flexibility index (Phi) is 38.4. The molecule has 0 aromatic carbocycles. The van der Waals surface area contributed by atoms with E-state index in [-0.39, 0.29) is 59.1 Å². The van der Waals surface area contributed by atoms with E-state index in [0.717, 1.165) is 0 Å². The van der Waals surface area contributed by atoms with Crippen LogP contribution in [0.25, 0.3) is 0 Å². The summed E-state index contributed by atoms with van der Waals surface area (Å²) in [6.45, 7) is 0. The maximum atomic E-state index is 8.76. The van der Waals surface area contributed by atoms with Gasteiger partial charge in [0.15, 0.2) is 0 Å². The van der Waals surface area contributed by atoms with Crippen LogP contribution >= 0.6 is 0 Å². The first-order valence-corrected chi connectivity index (χ1v) is 8.99. The van der Waals surface area contributed by atoms with E-state index in [4.69, 9.17) is 40.5 Å². The van der Waals surface area contributed by atoms with E-state index in [1.807, 2.05) is 0 Å². The number of hydrogen-bond donors (Lipinski definition) is 4. The zero-order valence-electron chi connectivity index (χ0n) is 7.46. The van der Waals surface area contributed by atoms with Crippen LogP contribution in [0.5, 0.6) is 0 Å². The normalized spacial score (nSPS) is 8.53. The van der Waals surface area contributed by atoms with Gasteiger partial charge < -0.3 is 0 Å². The van der Waals surface area contributed by atoms with Crippen LogP contribution < -0.4 is 67.5 Å². The molecule has 0 heterocycles. The van der Waals surface area contributed by atoms with Gasteiger partial charge >= 0.3 is 142 Å². The number of hydrogen-bond acceptors (Lipinski definition) is 6. The molecule has 0 aromatic heterocycles. The van der Waals surface area contributed by atoms with E-state index in [1.165, 1.54) is 0 Å². The molecular formula is H4Na2O10Se3. The molecule has 0 aliphatic rings. The van der Waals surface area contributed by atoms with Crippen LogP contribution in [-0.2, 0) is 15.3 Å². The maximum absolute atomic E-state index is 8.76. The van der Waals surface area contributed by atoms with E-state index in [0.29, 0.717) is 0 Å². The van der Waals surface area contributed by atoms with Crippen molar-refractivity contribution in [1.82, 2.24) is 0 Å². The largest absolute Gasteiger partial charge is 1.00 e. The molecule has 0 aromatic rings. The monoisotopic (exact) mass is 450 g/mol. The molecule has 10 nitrogen and oxygen atoms in total. The van der Waals surface area contributed by atoms with Gasteiger partial charge in [-0.2, -0.15) is 0 Å². The van der Waals surface area contributed by atoms with Gasteiger partial charge in [0.05, 0.1) is 0 Å². The first-order valence-electron chi connectivity index (χ1n) is 1.73. The summed E-state index contributed by atoms with van der Waals surface area (Å²) in [7, 11) is 0. The van der Waals surface area contributed by atoms with Gasteiger partial charge in [0.25, 0.3) is 0 Å². The molecule has 0 spiro atoms. The Bertz CT molecular complexity index is 213. The quantitative estimate of drug-likeness (QED) is 0.259. The van der Waals surface area contributed by atoms with E-state index in [9.17, 15) is 0 Å². The van der Waals surface area contributed by atoms with Crippen LogP contribution in [0.1, 0.15) is 0 Å². The molecule has 15 heavy (non-hydrogen) atoms. The second-order valence-electron chi connectivity index (χ2n) is 0.870. The zero-order chi connectivity index (χ0) is 11.7. The predicted octanol–water partition coefficient (Wildman–Crippen LogP) is -12.2.